The topological polar surface area (TPSA) is 45.0 Å². The van der Waals surface area contributed by atoms with E-state index in [-0.39, 0.29) is 6.10 Å². The molecule has 0 saturated carbocycles. The maximum atomic E-state index is 9.41. The van der Waals surface area contributed by atoms with Gasteiger partial charge in [-0.1, -0.05) is 17.7 Å². The second-order valence-corrected chi connectivity index (χ2v) is 4.82. The van der Waals surface area contributed by atoms with E-state index in [0.717, 1.165) is 18.5 Å². The predicted molar refractivity (Wildman–Crippen MR) is 67.8 cm³/mol. The lowest BCUT2D eigenvalue weighted by molar-refractivity contribution is 0.0103. The molecule has 0 aromatic heterocycles. The van der Waals surface area contributed by atoms with Gasteiger partial charge in [-0.3, -0.25) is 0 Å². The molecule has 1 heterocycles. The smallest absolute Gasteiger partial charge is 0.130 e. The highest BCUT2D eigenvalue weighted by atomic mass is 16.5. The number of nitrogens with zero attached hydrogens (tertiary/aromatic N) is 1. The van der Waals surface area contributed by atoms with Crippen molar-refractivity contribution in [2.24, 2.45) is 0 Å². The van der Waals surface area contributed by atoms with E-state index in [2.05, 4.69) is 30.4 Å². The van der Waals surface area contributed by atoms with Crippen molar-refractivity contribution < 1.29 is 4.74 Å². The molecule has 3 nitrogen and oxygen atoms in total. The molecule has 1 aliphatic rings. The van der Waals surface area contributed by atoms with Gasteiger partial charge < -0.3 is 10.1 Å². The first kappa shape index (κ1) is 11.9. The quantitative estimate of drug-likeness (QED) is 0.849. The summed E-state index contributed by atoms with van der Waals surface area (Å²) in [6.45, 7) is 4.72. The van der Waals surface area contributed by atoms with Gasteiger partial charge in [-0.25, -0.2) is 0 Å². The molecule has 1 N–H and O–H groups in total. The fraction of sp³-hybridized carbons (Fsp3) is 0.500. The molecule has 1 fully saturated rings. The van der Waals surface area contributed by atoms with Crippen LogP contribution in [0.25, 0.3) is 0 Å². The van der Waals surface area contributed by atoms with Crippen LogP contribution in [0, 0.1) is 18.3 Å². The minimum absolute atomic E-state index is 0.140. The molecule has 0 amide bonds. The molecule has 1 aliphatic heterocycles. The van der Waals surface area contributed by atoms with Crippen LogP contribution in [0.15, 0.2) is 24.3 Å². The van der Waals surface area contributed by atoms with Crippen LogP contribution in [0.5, 0.6) is 0 Å². The molecule has 1 saturated heterocycles. The summed E-state index contributed by atoms with van der Waals surface area (Å²) in [5.74, 6) is 0. The number of benzene rings is 1. The van der Waals surface area contributed by atoms with Crippen molar-refractivity contribution in [1.82, 2.24) is 0 Å². The standard InChI is InChI=1S/C14H18N2O/c1-11-3-5-13(6-4-11)16-14(10-15)7-8-17-12(2)9-14/h3-6,12,16H,7-9H2,1-2H3. The van der Waals surface area contributed by atoms with Gasteiger partial charge in [-0.15, -0.1) is 0 Å². The Morgan fingerprint density at radius 2 is 2.12 bits per heavy atom. The molecule has 2 atom stereocenters. The Morgan fingerprint density at radius 3 is 2.71 bits per heavy atom. The Balaban J connectivity index is 2.14. The number of aryl methyl sites for hydroxylation is 1. The molecule has 2 rings (SSSR count). The fourth-order valence-corrected chi connectivity index (χ4v) is 2.24. The van der Waals surface area contributed by atoms with Gasteiger partial charge in [0.2, 0.25) is 0 Å². The molecule has 0 radical (unpaired) electrons. The van der Waals surface area contributed by atoms with Gasteiger partial charge in [0.15, 0.2) is 0 Å². The number of hydrogen-bond donors (Lipinski definition) is 1. The average Bonchev–Trinajstić information content (AvgIpc) is 2.32. The summed E-state index contributed by atoms with van der Waals surface area (Å²) >= 11 is 0. The number of rotatable bonds is 2. The number of nitriles is 1. The number of nitrogens with one attached hydrogen (secondary N) is 1. The van der Waals surface area contributed by atoms with Crippen molar-refractivity contribution >= 4 is 5.69 Å². The van der Waals surface area contributed by atoms with E-state index in [1.54, 1.807) is 0 Å². The summed E-state index contributed by atoms with van der Waals surface area (Å²) in [6.07, 6.45) is 1.61. The molecule has 0 aliphatic carbocycles. The van der Waals surface area contributed by atoms with Gasteiger partial charge in [0.05, 0.1) is 18.8 Å². The Bertz CT molecular complexity index is 421. The lowest BCUT2D eigenvalue weighted by Gasteiger charge is -2.35. The van der Waals surface area contributed by atoms with E-state index in [4.69, 9.17) is 4.74 Å². The predicted octanol–water partition coefficient (Wildman–Crippen LogP) is 2.87. The van der Waals surface area contributed by atoms with Crippen LogP contribution >= 0.6 is 0 Å². The molecular formula is C14H18N2O. The minimum atomic E-state index is -0.479. The average molecular weight is 230 g/mol. The monoisotopic (exact) mass is 230 g/mol. The highest BCUT2D eigenvalue weighted by Gasteiger charge is 2.35. The van der Waals surface area contributed by atoms with Crippen molar-refractivity contribution in [3.05, 3.63) is 29.8 Å². The van der Waals surface area contributed by atoms with Crippen LogP contribution in [0.4, 0.5) is 5.69 Å². The Morgan fingerprint density at radius 1 is 1.41 bits per heavy atom. The normalized spacial score (nSPS) is 28.4. The summed E-state index contributed by atoms with van der Waals surface area (Å²) in [5.41, 5.74) is 1.75. The van der Waals surface area contributed by atoms with Gasteiger partial charge in [0.1, 0.15) is 5.54 Å². The van der Waals surface area contributed by atoms with Gasteiger partial charge in [0, 0.05) is 18.5 Å². The zero-order valence-corrected chi connectivity index (χ0v) is 10.4. The third kappa shape index (κ3) is 2.78. The summed E-state index contributed by atoms with van der Waals surface area (Å²) in [7, 11) is 0. The van der Waals surface area contributed by atoms with Crippen molar-refractivity contribution in [2.75, 3.05) is 11.9 Å². The lowest BCUT2D eigenvalue weighted by atomic mass is 9.88. The number of ether oxygens (including phenoxy) is 1. The zero-order valence-electron chi connectivity index (χ0n) is 10.4. The molecule has 3 heteroatoms. The van der Waals surface area contributed by atoms with E-state index in [0.29, 0.717) is 6.61 Å². The molecule has 1 aromatic carbocycles. The third-order valence-corrected chi connectivity index (χ3v) is 3.22. The van der Waals surface area contributed by atoms with Crippen LogP contribution in [0.3, 0.4) is 0 Å². The minimum Gasteiger partial charge on any atom is -0.378 e. The largest absolute Gasteiger partial charge is 0.378 e. The van der Waals surface area contributed by atoms with Crippen LogP contribution in [0.1, 0.15) is 25.3 Å². The van der Waals surface area contributed by atoms with E-state index < -0.39 is 5.54 Å². The molecule has 1 aromatic rings. The first-order chi connectivity index (χ1) is 8.13. The molecule has 0 spiro atoms. The Labute approximate surface area is 102 Å². The van der Waals surface area contributed by atoms with Gasteiger partial charge in [0.25, 0.3) is 0 Å². The second-order valence-electron chi connectivity index (χ2n) is 4.82. The van der Waals surface area contributed by atoms with Crippen molar-refractivity contribution in [1.29, 1.82) is 5.26 Å². The van der Waals surface area contributed by atoms with Crippen molar-refractivity contribution in [3.63, 3.8) is 0 Å². The fourth-order valence-electron chi connectivity index (χ4n) is 2.24. The van der Waals surface area contributed by atoms with Crippen molar-refractivity contribution in [3.8, 4) is 6.07 Å². The summed E-state index contributed by atoms with van der Waals surface area (Å²) in [4.78, 5) is 0. The Hall–Kier alpha value is -1.53. The molecule has 90 valence electrons. The lowest BCUT2D eigenvalue weighted by Crippen LogP contribution is -2.45. The maximum absolute atomic E-state index is 9.41. The second kappa shape index (κ2) is 4.77. The van der Waals surface area contributed by atoms with Crippen LogP contribution in [-0.2, 0) is 4.74 Å². The van der Waals surface area contributed by atoms with Crippen LogP contribution in [0.2, 0.25) is 0 Å². The number of anilines is 1. The molecular weight excluding hydrogens is 212 g/mol. The maximum Gasteiger partial charge on any atom is 0.130 e. The van der Waals surface area contributed by atoms with Crippen molar-refractivity contribution in [2.45, 2.75) is 38.3 Å². The third-order valence-electron chi connectivity index (χ3n) is 3.22. The van der Waals surface area contributed by atoms with Gasteiger partial charge in [-0.2, -0.15) is 5.26 Å². The number of hydrogen-bond acceptors (Lipinski definition) is 3. The molecule has 0 bridgehead atoms. The zero-order chi connectivity index (χ0) is 12.3. The van der Waals surface area contributed by atoms with E-state index >= 15 is 0 Å². The van der Waals surface area contributed by atoms with Crippen LogP contribution < -0.4 is 5.32 Å². The summed E-state index contributed by atoms with van der Waals surface area (Å²) < 4.78 is 5.50. The highest BCUT2D eigenvalue weighted by molar-refractivity contribution is 5.49. The molecule has 17 heavy (non-hydrogen) atoms. The van der Waals surface area contributed by atoms with E-state index in [9.17, 15) is 5.26 Å². The molecule has 2 unspecified atom stereocenters. The van der Waals surface area contributed by atoms with E-state index in [1.807, 2.05) is 19.1 Å². The first-order valence-corrected chi connectivity index (χ1v) is 6.01. The van der Waals surface area contributed by atoms with Gasteiger partial charge in [-0.05, 0) is 26.0 Å². The van der Waals surface area contributed by atoms with Gasteiger partial charge >= 0.3 is 0 Å². The SMILES string of the molecule is Cc1ccc(NC2(C#N)CCOC(C)C2)cc1. The highest BCUT2D eigenvalue weighted by Crippen LogP contribution is 2.28. The summed E-state index contributed by atoms with van der Waals surface area (Å²) in [6, 6.07) is 10.6. The first-order valence-electron chi connectivity index (χ1n) is 6.01. The van der Waals surface area contributed by atoms with E-state index in [1.165, 1.54) is 5.56 Å². The Kier molecular flexibility index (Phi) is 3.35. The van der Waals surface area contributed by atoms with Crippen LogP contribution in [-0.4, -0.2) is 18.2 Å². The summed E-state index contributed by atoms with van der Waals surface area (Å²) in [5, 5.41) is 12.8.